The standard InChI is InChI=1S/C12H14BrN3OS/c1-3-8-4-5-9(18-8)6-14-10-7-15-16(2)12(17)11(10)13/h4-5,7,14H,3,6H2,1-2H3. The van der Waals surface area contributed by atoms with Gasteiger partial charge in [-0.05, 0) is 34.5 Å². The average Bonchev–Trinajstić information content (AvgIpc) is 2.83. The molecule has 1 N–H and O–H groups in total. The summed E-state index contributed by atoms with van der Waals surface area (Å²) in [5.74, 6) is 0. The monoisotopic (exact) mass is 327 g/mol. The van der Waals surface area contributed by atoms with Crippen molar-refractivity contribution in [2.45, 2.75) is 19.9 Å². The Labute approximate surface area is 118 Å². The maximum Gasteiger partial charge on any atom is 0.282 e. The first-order valence-electron chi connectivity index (χ1n) is 5.65. The number of halogens is 1. The van der Waals surface area contributed by atoms with E-state index in [0.29, 0.717) is 11.0 Å². The molecule has 0 fully saturated rings. The Kier molecular flexibility index (Phi) is 4.19. The number of aromatic nitrogens is 2. The number of hydrogen-bond donors (Lipinski definition) is 1. The van der Waals surface area contributed by atoms with Crippen molar-refractivity contribution in [1.82, 2.24) is 9.78 Å². The van der Waals surface area contributed by atoms with Gasteiger partial charge < -0.3 is 5.32 Å². The predicted octanol–water partition coefficient (Wildman–Crippen LogP) is 2.78. The number of aryl methyl sites for hydroxylation is 2. The average molecular weight is 328 g/mol. The van der Waals surface area contributed by atoms with Crippen LogP contribution in [-0.2, 0) is 20.0 Å². The summed E-state index contributed by atoms with van der Waals surface area (Å²) >= 11 is 5.07. The quantitative estimate of drug-likeness (QED) is 0.939. The molecule has 0 radical (unpaired) electrons. The number of anilines is 1. The van der Waals surface area contributed by atoms with E-state index < -0.39 is 0 Å². The summed E-state index contributed by atoms with van der Waals surface area (Å²) in [6.07, 6.45) is 2.71. The van der Waals surface area contributed by atoms with Gasteiger partial charge >= 0.3 is 0 Å². The first kappa shape index (κ1) is 13.3. The van der Waals surface area contributed by atoms with Crippen molar-refractivity contribution in [1.29, 1.82) is 0 Å². The minimum Gasteiger partial charge on any atom is -0.378 e. The van der Waals surface area contributed by atoms with Gasteiger partial charge in [0.25, 0.3) is 5.56 Å². The van der Waals surface area contributed by atoms with Crippen LogP contribution in [0.15, 0.2) is 27.6 Å². The molecule has 0 saturated heterocycles. The SMILES string of the molecule is CCc1ccc(CNc2cnn(C)c(=O)c2Br)s1. The normalized spacial score (nSPS) is 10.6. The predicted molar refractivity (Wildman–Crippen MR) is 78.2 cm³/mol. The molecule has 0 bridgehead atoms. The summed E-state index contributed by atoms with van der Waals surface area (Å²) in [5.41, 5.74) is 0.588. The molecule has 0 aliphatic rings. The molecule has 18 heavy (non-hydrogen) atoms. The van der Waals surface area contributed by atoms with Crippen LogP contribution in [0, 0.1) is 0 Å². The lowest BCUT2D eigenvalue weighted by atomic mass is 10.3. The van der Waals surface area contributed by atoms with Gasteiger partial charge in [0, 0.05) is 23.3 Å². The first-order chi connectivity index (χ1) is 8.61. The summed E-state index contributed by atoms with van der Waals surface area (Å²) < 4.78 is 1.82. The third kappa shape index (κ3) is 2.81. The number of nitrogens with one attached hydrogen (secondary N) is 1. The van der Waals surface area contributed by atoms with Gasteiger partial charge in [-0.1, -0.05) is 6.92 Å². The maximum absolute atomic E-state index is 11.7. The molecule has 2 aromatic rings. The molecule has 0 amide bonds. The van der Waals surface area contributed by atoms with Gasteiger partial charge in [0.15, 0.2) is 0 Å². The molecule has 0 aliphatic carbocycles. The molecule has 0 atom stereocenters. The number of thiophene rings is 1. The lowest BCUT2D eigenvalue weighted by Crippen LogP contribution is -2.21. The smallest absolute Gasteiger partial charge is 0.282 e. The second kappa shape index (κ2) is 5.67. The molecule has 96 valence electrons. The Morgan fingerprint density at radius 1 is 1.44 bits per heavy atom. The van der Waals surface area contributed by atoms with E-state index in [2.05, 4.69) is 45.4 Å². The highest BCUT2D eigenvalue weighted by molar-refractivity contribution is 9.10. The number of hydrogen-bond acceptors (Lipinski definition) is 4. The van der Waals surface area contributed by atoms with Crippen LogP contribution >= 0.6 is 27.3 Å². The summed E-state index contributed by atoms with van der Waals surface area (Å²) in [5, 5.41) is 7.21. The maximum atomic E-state index is 11.7. The molecule has 0 unspecified atom stereocenters. The van der Waals surface area contributed by atoms with Crippen LogP contribution in [-0.4, -0.2) is 9.78 Å². The zero-order chi connectivity index (χ0) is 13.1. The van der Waals surface area contributed by atoms with Gasteiger partial charge in [-0.15, -0.1) is 11.3 Å². The van der Waals surface area contributed by atoms with Crippen molar-refractivity contribution in [3.63, 3.8) is 0 Å². The molecular formula is C12H14BrN3OS. The van der Waals surface area contributed by atoms with E-state index in [-0.39, 0.29) is 5.56 Å². The Morgan fingerprint density at radius 3 is 2.83 bits per heavy atom. The van der Waals surface area contributed by atoms with Crippen LogP contribution in [0.1, 0.15) is 16.7 Å². The van der Waals surface area contributed by atoms with E-state index in [4.69, 9.17) is 0 Å². The lowest BCUT2D eigenvalue weighted by molar-refractivity contribution is 0.703. The Balaban J connectivity index is 2.11. The second-order valence-electron chi connectivity index (χ2n) is 3.88. The third-order valence-corrected chi connectivity index (χ3v) is 4.59. The zero-order valence-electron chi connectivity index (χ0n) is 10.2. The highest BCUT2D eigenvalue weighted by atomic mass is 79.9. The molecule has 2 heterocycles. The van der Waals surface area contributed by atoms with Gasteiger partial charge in [0.2, 0.25) is 0 Å². The van der Waals surface area contributed by atoms with E-state index in [1.807, 2.05) is 0 Å². The van der Waals surface area contributed by atoms with Crippen LogP contribution in [0.5, 0.6) is 0 Å². The second-order valence-corrected chi connectivity index (χ2v) is 5.92. The minimum absolute atomic E-state index is 0.138. The van der Waals surface area contributed by atoms with E-state index in [0.717, 1.165) is 12.1 Å². The Hall–Kier alpha value is -1.14. The number of rotatable bonds is 4. The number of nitrogens with zero attached hydrogens (tertiary/aromatic N) is 2. The first-order valence-corrected chi connectivity index (χ1v) is 7.26. The van der Waals surface area contributed by atoms with Gasteiger partial charge in [0.05, 0.1) is 11.9 Å². The van der Waals surface area contributed by atoms with Crippen molar-refractivity contribution < 1.29 is 0 Å². The molecule has 0 spiro atoms. The van der Waals surface area contributed by atoms with Crippen LogP contribution in [0.2, 0.25) is 0 Å². The van der Waals surface area contributed by atoms with Crippen LogP contribution in [0.4, 0.5) is 5.69 Å². The van der Waals surface area contributed by atoms with Crippen molar-refractivity contribution in [3.05, 3.63) is 42.9 Å². The zero-order valence-corrected chi connectivity index (χ0v) is 12.6. The topological polar surface area (TPSA) is 46.9 Å². The molecule has 2 rings (SSSR count). The molecule has 4 nitrogen and oxygen atoms in total. The van der Waals surface area contributed by atoms with Crippen molar-refractivity contribution in [2.75, 3.05) is 5.32 Å². The molecule has 6 heteroatoms. The summed E-state index contributed by atoms with van der Waals surface area (Å²) in [6, 6.07) is 4.25. The van der Waals surface area contributed by atoms with E-state index in [1.165, 1.54) is 14.4 Å². The van der Waals surface area contributed by atoms with E-state index in [9.17, 15) is 4.79 Å². The van der Waals surface area contributed by atoms with E-state index >= 15 is 0 Å². The molecule has 2 aromatic heterocycles. The largest absolute Gasteiger partial charge is 0.378 e. The molecule has 0 aliphatic heterocycles. The highest BCUT2D eigenvalue weighted by Crippen LogP contribution is 2.20. The fourth-order valence-electron chi connectivity index (χ4n) is 1.52. The van der Waals surface area contributed by atoms with Gasteiger partial charge in [-0.2, -0.15) is 5.10 Å². The van der Waals surface area contributed by atoms with Crippen LogP contribution < -0.4 is 10.9 Å². The van der Waals surface area contributed by atoms with Crippen molar-refractivity contribution in [2.24, 2.45) is 7.05 Å². The minimum atomic E-state index is -0.138. The van der Waals surface area contributed by atoms with Crippen LogP contribution in [0.3, 0.4) is 0 Å². The fraction of sp³-hybridized carbons (Fsp3) is 0.333. The summed E-state index contributed by atoms with van der Waals surface area (Å²) in [6.45, 7) is 2.85. The van der Waals surface area contributed by atoms with Crippen molar-refractivity contribution >= 4 is 33.0 Å². The van der Waals surface area contributed by atoms with Crippen molar-refractivity contribution in [3.8, 4) is 0 Å². The molecule has 0 saturated carbocycles. The highest BCUT2D eigenvalue weighted by Gasteiger charge is 2.06. The van der Waals surface area contributed by atoms with Gasteiger partial charge in [-0.25, -0.2) is 4.68 Å². The molecule has 0 aromatic carbocycles. The fourth-order valence-corrected chi connectivity index (χ4v) is 2.92. The lowest BCUT2D eigenvalue weighted by Gasteiger charge is -2.07. The third-order valence-electron chi connectivity index (χ3n) is 2.60. The van der Waals surface area contributed by atoms with Crippen LogP contribution in [0.25, 0.3) is 0 Å². The molecular weight excluding hydrogens is 314 g/mol. The van der Waals surface area contributed by atoms with Gasteiger partial charge in [0.1, 0.15) is 4.47 Å². The van der Waals surface area contributed by atoms with Gasteiger partial charge in [-0.3, -0.25) is 4.79 Å². The Bertz CT molecular complexity index is 606. The summed E-state index contributed by atoms with van der Waals surface area (Å²) in [7, 11) is 1.63. The Morgan fingerprint density at radius 2 is 2.17 bits per heavy atom. The summed E-state index contributed by atoms with van der Waals surface area (Å²) in [4.78, 5) is 14.3. The van der Waals surface area contributed by atoms with E-state index in [1.54, 1.807) is 24.6 Å².